The van der Waals surface area contributed by atoms with Gasteiger partial charge in [0.25, 0.3) is 0 Å². The molecule has 3 nitrogen and oxygen atoms in total. The number of nitriles is 1. The van der Waals surface area contributed by atoms with Gasteiger partial charge in [0, 0.05) is 25.2 Å². The first-order valence-corrected chi connectivity index (χ1v) is 6.70. The summed E-state index contributed by atoms with van der Waals surface area (Å²) >= 11 is 0. The minimum Gasteiger partial charge on any atom is -0.299 e. The van der Waals surface area contributed by atoms with Crippen molar-refractivity contribution < 1.29 is 0 Å². The lowest BCUT2D eigenvalue weighted by molar-refractivity contribution is 0.197. The van der Waals surface area contributed by atoms with E-state index in [-0.39, 0.29) is 0 Å². The molecule has 2 saturated heterocycles. The zero-order valence-electron chi connectivity index (χ0n) is 10.4. The number of hydrogen-bond acceptors (Lipinski definition) is 3. The Morgan fingerprint density at radius 3 is 2.69 bits per heavy atom. The van der Waals surface area contributed by atoms with Crippen LogP contribution >= 0.6 is 0 Å². The van der Waals surface area contributed by atoms with Crippen LogP contribution < -0.4 is 0 Å². The van der Waals surface area contributed by atoms with E-state index in [0.717, 1.165) is 12.5 Å². The summed E-state index contributed by atoms with van der Waals surface area (Å²) in [5.74, 6) is 0. The summed E-state index contributed by atoms with van der Waals surface area (Å²) in [7, 11) is 0. The van der Waals surface area contributed by atoms with E-state index >= 15 is 0 Å². The molecule has 0 amide bonds. The molecule has 2 rings (SSSR count). The Bertz CT molecular complexity index is 252. The van der Waals surface area contributed by atoms with Crippen molar-refractivity contribution in [2.75, 3.05) is 26.2 Å². The predicted molar refractivity (Wildman–Crippen MR) is 65.1 cm³/mol. The van der Waals surface area contributed by atoms with Gasteiger partial charge in [-0.2, -0.15) is 5.26 Å². The summed E-state index contributed by atoms with van der Waals surface area (Å²) in [5.41, 5.74) is 0. The Kier molecular flexibility index (Phi) is 4.20. The molecular weight excluding hydrogens is 198 g/mol. The second-order valence-corrected chi connectivity index (χ2v) is 5.10. The van der Waals surface area contributed by atoms with Crippen LogP contribution in [0.2, 0.25) is 0 Å². The summed E-state index contributed by atoms with van der Waals surface area (Å²) in [6.45, 7) is 7.19. The molecule has 2 heterocycles. The smallest absolute Gasteiger partial charge is 0.0638 e. The molecule has 90 valence electrons. The van der Waals surface area contributed by atoms with E-state index in [1.54, 1.807) is 0 Å². The van der Waals surface area contributed by atoms with Gasteiger partial charge < -0.3 is 0 Å². The van der Waals surface area contributed by atoms with Gasteiger partial charge in [-0.1, -0.05) is 6.92 Å². The third-order valence-electron chi connectivity index (χ3n) is 4.17. The molecule has 2 fully saturated rings. The zero-order chi connectivity index (χ0) is 11.4. The lowest BCUT2D eigenvalue weighted by atomic mass is 10.1. The molecule has 0 aromatic rings. The van der Waals surface area contributed by atoms with Crippen LogP contribution in [0.5, 0.6) is 0 Å². The van der Waals surface area contributed by atoms with E-state index in [2.05, 4.69) is 22.8 Å². The van der Waals surface area contributed by atoms with Crippen molar-refractivity contribution in [3.8, 4) is 6.07 Å². The van der Waals surface area contributed by atoms with Gasteiger partial charge in [0.15, 0.2) is 0 Å². The molecular formula is C13H23N3. The van der Waals surface area contributed by atoms with E-state index in [9.17, 15) is 0 Å². The highest BCUT2D eigenvalue weighted by molar-refractivity contribution is 4.91. The maximum atomic E-state index is 8.82. The van der Waals surface area contributed by atoms with Crippen LogP contribution in [0.4, 0.5) is 0 Å². The monoisotopic (exact) mass is 221 g/mol. The largest absolute Gasteiger partial charge is 0.299 e. The highest BCUT2D eigenvalue weighted by Gasteiger charge is 2.31. The Balaban J connectivity index is 1.84. The summed E-state index contributed by atoms with van der Waals surface area (Å²) in [5, 5.41) is 8.82. The van der Waals surface area contributed by atoms with Crippen LogP contribution in [0.3, 0.4) is 0 Å². The number of nitrogens with zero attached hydrogens (tertiary/aromatic N) is 3. The summed E-state index contributed by atoms with van der Waals surface area (Å²) < 4.78 is 0. The number of likely N-dealkylation sites (tertiary alicyclic amines) is 2. The van der Waals surface area contributed by atoms with Gasteiger partial charge in [0.05, 0.1) is 12.5 Å². The molecule has 0 aromatic carbocycles. The minimum atomic E-state index is 0.498. The number of hydrogen-bond donors (Lipinski definition) is 0. The lowest BCUT2D eigenvalue weighted by Crippen LogP contribution is -2.38. The van der Waals surface area contributed by atoms with E-state index in [0.29, 0.717) is 12.5 Å². The van der Waals surface area contributed by atoms with E-state index < -0.39 is 0 Å². The zero-order valence-corrected chi connectivity index (χ0v) is 10.4. The Labute approximate surface area is 99.0 Å². The van der Waals surface area contributed by atoms with Crippen LogP contribution in [0, 0.1) is 11.3 Å². The molecule has 0 saturated carbocycles. The standard InChI is InChI=1S/C13H23N3/c1-2-12(5-7-14)16-10-6-13(11-16)15-8-3-4-9-15/h12-13H,2-6,8-11H2,1H3. The molecule has 16 heavy (non-hydrogen) atoms. The van der Waals surface area contributed by atoms with Crippen molar-refractivity contribution in [1.29, 1.82) is 5.26 Å². The van der Waals surface area contributed by atoms with Gasteiger partial charge in [-0.05, 0) is 38.8 Å². The molecule has 0 aromatic heterocycles. The van der Waals surface area contributed by atoms with Gasteiger partial charge in [-0.15, -0.1) is 0 Å². The Hall–Kier alpha value is -0.590. The predicted octanol–water partition coefficient (Wildman–Crippen LogP) is 1.85. The molecule has 2 atom stereocenters. The van der Waals surface area contributed by atoms with Crippen LogP contribution in [-0.4, -0.2) is 48.1 Å². The Morgan fingerprint density at radius 1 is 1.31 bits per heavy atom. The lowest BCUT2D eigenvalue weighted by Gasteiger charge is -2.27. The van der Waals surface area contributed by atoms with Crippen molar-refractivity contribution in [2.24, 2.45) is 0 Å². The first kappa shape index (κ1) is 11.9. The number of rotatable bonds is 4. The maximum absolute atomic E-state index is 8.82. The molecule has 3 heteroatoms. The van der Waals surface area contributed by atoms with Gasteiger partial charge in [-0.25, -0.2) is 0 Å². The van der Waals surface area contributed by atoms with Crippen molar-refractivity contribution in [1.82, 2.24) is 9.80 Å². The Morgan fingerprint density at radius 2 is 2.06 bits per heavy atom. The normalized spacial score (nSPS) is 29.4. The van der Waals surface area contributed by atoms with E-state index in [1.807, 2.05) is 0 Å². The van der Waals surface area contributed by atoms with Crippen LogP contribution in [0.15, 0.2) is 0 Å². The minimum absolute atomic E-state index is 0.498. The maximum Gasteiger partial charge on any atom is 0.0638 e. The van der Waals surface area contributed by atoms with Gasteiger partial charge in [-0.3, -0.25) is 9.80 Å². The van der Waals surface area contributed by atoms with Crippen molar-refractivity contribution in [2.45, 2.75) is 51.1 Å². The highest BCUT2D eigenvalue weighted by Crippen LogP contribution is 2.23. The quantitative estimate of drug-likeness (QED) is 0.726. The third kappa shape index (κ3) is 2.56. The van der Waals surface area contributed by atoms with Gasteiger partial charge >= 0.3 is 0 Å². The molecule has 0 aliphatic carbocycles. The molecule has 2 aliphatic heterocycles. The summed E-state index contributed by atoms with van der Waals surface area (Å²) in [6, 6.07) is 3.60. The molecule has 0 bridgehead atoms. The summed E-state index contributed by atoms with van der Waals surface area (Å²) in [6.07, 6.45) is 5.88. The average Bonchev–Trinajstić information content (AvgIpc) is 2.95. The van der Waals surface area contributed by atoms with Crippen molar-refractivity contribution in [3.05, 3.63) is 0 Å². The van der Waals surface area contributed by atoms with Gasteiger partial charge in [0.2, 0.25) is 0 Å². The first-order valence-electron chi connectivity index (χ1n) is 6.70. The van der Waals surface area contributed by atoms with Crippen molar-refractivity contribution >= 4 is 0 Å². The molecule has 0 radical (unpaired) electrons. The average molecular weight is 221 g/mol. The molecule has 0 N–H and O–H groups in total. The van der Waals surface area contributed by atoms with E-state index in [1.165, 1.54) is 45.4 Å². The third-order valence-corrected chi connectivity index (χ3v) is 4.17. The SMILES string of the molecule is CCC(CC#N)N1CCC(N2CCCC2)C1. The highest BCUT2D eigenvalue weighted by atomic mass is 15.3. The van der Waals surface area contributed by atoms with E-state index in [4.69, 9.17) is 5.26 Å². The molecule has 0 spiro atoms. The molecule has 2 aliphatic rings. The van der Waals surface area contributed by atoms with Gasteiger partial charge in [0.1, 0.15) is 0 Å². The van der Waals surface area contributed by atoms with Crippen LogP contribution in [-0.2, 0) is 0 Å². The fourth-order valence-corrected chi connectivity index (χ4v) is 3.14. The topological polar surface area (TPSA) is 30.3 Å². The first-order chi connectivity index (χ1) is 7.85. The second kappa shape index (κ2) is 5.65. The summed E-state index contributed by atoms with van der Waals surface area (Å²) in [4.78, 5) is 5.19. The van der Waals surface area contributed by atoms with Crippen LogP contribution in [0.25, 0.3) is 0 Å². The van der Waals surface area contributed by atoms with Crippen molar-refractivity contribution in [3.63, 3.8) is 0 Å². The fraction of sp³-hybridized carbons (Fsp3) is 0.923. The fourth-order valence-electron chi connectivity index (χ4n) is 3.14. The molecule has 2 unspecified atom stereocenters. The van der Waals surface area contributed by atoms with Crippen LogP contribution in [0.1, 0.15) is 39.0 Å². The second-order valence-electron chi connectivity index (χ2n) is 5.10.